The van der Waals surface area contributed by atoms with Gasteiger partial charge in [0.15, 0.2) is 11.6 Å². The molecule has 1 fully saturated rings. The van der Waals surface area contributed by atoms with Crippen LogP contribution in [0.4, 0.5) is 17.6 Å². The minimum atomic E-state index is -4.23. The van der Waals surface area contributed by atoms with Crippen LogP contribution in [0.1, 0.15) is 24.4 Å². The van der Waals surface area contributed by atoms with Gasteiger partial charge in [-0.25, -0.2) is 4.39 Å². The van der Waals surface area contributed by atoms with E-state index in [1.165, 1.54) is 12.1 Å². The summed E-state index contributed by atoms with van der Waals surface area (Å²) in [6, 6.07) is 3.30. The number of alkyl halides is 3. The highest BCUT2D eigenvalue weighted by Gasteiger charge is 2.31. The molecule has 2 N–H and O–H groups in total. The van der Waals surface area contributed by atoms with E-state index < -0.39 is 30.2 Å². The number of halogens is 5. The second kappa shape index (κ2) is 7.99. The lowest BCUT2D eigenvalue weighted by atomic mass is 9.99. The molecule has 0 bridgehead atoms. The first-order chi connectivity index (χ1) is 9.87. The molecule has 126 valence electrons. The van der Waals surface area contributed by atoms with Crippen molar-refractivity contribution in [1.29, 1.82) is 0 Å². The second-order valence-electron chi connectivity index (χ2n) is 5.17. The van der Waals surface area contributed by atoms with Crippen molar-refractivity contribution in [1.82, 2.24) is 10.2 Å². The number of rotatable bonds is 4. The minimum Gasteiger partial charge on any atom is -0.505 e. The zero-order valence-corrected chi connectivity index (χ0v) is 12.7. The first-order valence-electron chi connectivity index (χ1n) is 6.87. The molecule has 3 nitrogen and oxygen atoms in total. The van der Waals surface area contributed by atoms with Crippen LogP contribution in [0.25, 0.3) is 0 Å². The topological polar surface area (TPSA) is 35.5 Å². The Hall–Kier alpha value is -1.05. The number of benzene rings is 1. The molecule has 8 heteroatoms. The predicted octanol–water partition coefficient (Wildman–Crippen LogP) is 3.24. The third-order valence-electron chi connectivity index (χ3n) is 3.65. The molecule has 1 aromatic carbocycles. The number of nitrogens with one attached hydrogen (secondary N) is 1. The molecule has 22 heavy (non-hydrogen) atoms. The van der Waals surface area contributed by atoms with E-state index in [1.54, 1.807) is 0 Å². The molecule has 0 aromatic heterocycles. The van der Waals surface area contributed by atoms with Gasteiger partial charge in [-0.05, 0) is 24.1 Å². The summed E-state index contributed by atoms with van der Waals surface area (Å²) in [5.41, 5.74) is 0.469. The summed E-state index contributed by atoms with van der Waals surface area (Å²) in [5.74, 6) is -1.30. The number of piperazine rings is 1. The Bertz CT molecular complexity index is 478. The molecule has 0 saturated carbocycles. The van der Waals surface area contributed by atoms with Gasteiger partial charge in [-0.1, -0.05) is 6.07 Å². The van der Waals surface area contributed by atoms with Crippen LogP contribution in [0.15, 0.2) is 18.2 Å². The van der Waals surface area contributed by atoms with Gasteiger partial charge >= 0.3 is 6.18 Å². The third kappa shape index (κ3) is 5.30. The zero-order chi connectivity index (χ0) is 15.5. The van der Waals surface area contributed by atoms with Gasteiger partial charge < -0.3 is 10.4 Å². The molecular formula is C14H19ClF4N2O. The van der Waals surface area contributed by atoms with E-state index in [0.717, 1.165) is 6.07 Å². The van der Waals surface area contributed by atoms with Gasteiger partial charge in [0.1, 0.15) is 0 Å². The average molecular weight is 343 g/mol. The van der Waals surface area contributed by atoms with Gasteiger partial charge in [-0.2, -0.15) is 13.2 Å². The molecule has 1 atom stereocenters. The summed E-state index contributed by atoms with van der Waals surface area (Å²) < 4.78 is 51.0. The number of aromatic hydroxyl groups is 1. The highest BCUT2D eigenvalue weighted by Crippen LogP contribution is 2.33. The molecule has 1 aromatic rings. The van der Waals surface area contributed by atoms with Crippen LogP contribution in [0, 0.1) is 5.82 Å². The number of phenols is 1. The lowest BCUT2D eigenvalue weighted by Crippen LogP contribution is -2.45. The Morgan fingerprint density at radius 1 is 1.23 bits per heavy atom. The lowest BCUT2D eigenvalue weighted by Gasteiger charge is -2.35. The van der Waals surface area contributed by atoms with Gasteiger partial charge in [0, 0.05) is 38.6 Å². The molecule has 0 aliphatic carbocycles. The van der Waals surface area contributed by atoms with E-state index in [2.05, 4.69) is 5.32 Å². The highest BCUT2D eigenvalue weighted by molar-refractivity contribution is 5.85. The summed E-state index contributed by atoms with van der Waals surface area (Å²) in [6.07, 6.45) is -5.26. The van der Waals surface area contributed by atoms with E-state index in [0.29, 0.717) is 31.7 Å². The van der Waals surface area contributed by atoms with Crippen molar-refractivity contribution in [3.8, 4) is 5.75 Å². The summed E-state index contributed by atoms with van der Waals surface area (Å²) in [7, 11) is 0. The molecule has 0 amide bonds. The van der Waals surface area contributed by atoms with Crippen LogP contribution in [-0.2, 0) is 0 Å². The van der Waals surface area contributed by atoms with Crippen molar-refractivity contribution in [3.63, 3.8) is 0 Å². The van der Waals surface area contributed by atoms with Gasteiger partial charge in [0.25, 0.3) is 0 Å². The SMILES string of the molecule is Cl.Oc1ccc([C@H](CCC(F)(F)F)N2CCNCC2)cc1F. The highest BCUT2D eigenvalue weighted by atomic mass is 35.5. The predicted molar refractivity (Wildman–Crippen MR) is 77.8 cm³/mol. The van der Waals surface area contributed by atoms with Crippen LogP contribution in [-0.4, -0.2) is 42.4 Å². The lowest BCUT2D eigenvalue weighted by molar-refractivity contribution is -0.138. The van der Waals surface area contributed by atoms with Crippen molar-refractivity contribution in [3.05, 3.63) is 29.6 Å². The Balaban J connectivity index is 0.00000242. The largest absolute Gasteiger partial charge is 0.505 e. The molecule has 1 heterocycles. The van der Waals surface area contributed by atoms with Crippen molar-refractivity contribution < 1.29 is 22.7 Å². The van der Waals surface area contributed by atoms with Crippen LogP contribution in [0.5, 0.6) is 5.75 Å². The van der Waals surface area contributed by atoms with Crippen LogP contribution in [0.3, 0.4) is 0 Å². The fraction of sp³-hybridized carbons (Fsp3) is 0.571. The summed E-state index contributed by atoms with van der Waals surface area (Å²) in [4.78, 5) is 1.92. The Kier molecular flexibility index (Phi) is 6.90. The summed E-state index contributed by atoms with van der Waals surface area (Å²) in [6.45, 7) is 2.63. The number of phenolic OH excluding ortho intramolecular Hbond substituents is 1. The van der Waals surface area contributed by atoms with Crippen LogP contribution >= 0.6 is 12.4 Å². The molecule has 1 saturated heterocycles. The smallest absolute Gasteiger partial charge is 0.389 e. The fourth-order valence-corrected chi connectivity index (χ4v) is 2.58. The number of hydrogen-bond acceptors (Lipinski definition) is 3. The monoisotopic (exact) mass is 342 g/mol. The molecular weight excluding hydrogens is 324 g/mol. The maximum Gasteiger partial charge on any atom is 0.389 e. The summed E-state index contributed by atoms with van der Waals surface area (Å²) >= 11 is 0. The van der Waals surface area contributed by atoms with Crippen molar-refractivity contribution in [2.45, 2.75) is 25.1 Å². The van der Waals surface area contributed by atoms with E-state index in [1.807, 2.05) is 4.90 Å². The third-order valence-corrected chi connectivity index (χ3v) is 3.65. The van der Waals surface area contributed by atoms with Gasteiger partial charge in [-0.15, -0.1) is 12.4 Å². The first-order valence-corrected chi connectivity index (χ1v) is 6.87. The standard InChI is InChI=1S/C14H18F4N2O.ClH/c15-11-9-10(1-2-13(11)21)12(3-4-14(16,17)18)20-7-5-19-6-8-20;/h1-2,9,12,19,21H,3-8H2;1H/t12-;/m0./s1. The molecule has 0 spiro atoms. The molecule has 0 radical (unpaired) electrons. The van der Waals surface area contributed by atoms with Gasteiger partial charge in [-0.3, -0.25) is 4.90 Å². The number of hydrogen-bond donors (Lipinski definition) is 2. The van der Waals surface area contributed by atoms with E-state index in [4.69, 9.17) is 0 Å². The Morgan fingerprint density at radius 3 is 2.41 bits per heavy atom. The zero-order valence-electron chi connectivity index (χ0n) is 11.9. The fourth-order valence-electron chi connectivity index (χ4n) is 2.58. The second-order valence-corrected chi connectivity index (χ2v) is 5.17. The van der Waals surface area contributed by atoms with Crippen LogP contribution in [0.2, 0.25) is 0 Å². The van der Waals surface area contributed by atoms with Gasteiger partial charge in [0.05, 0.1) is 0 Å². The Morgan fingerprint density at radius 2 is 1.86 bits per heavy atom. The average Bonchev–Trinajstić information content (AvgIpc) is 2.43. The molecule has 1 aliphatic heterocycles. The quantitative estimate of drug-likeness (QED) is 0.825. The number of nitrogens with zero attached hydrogens (tertiary/aromatic N) is 1. The van der Waals surface area contributed by atoms with E-state index in [-0.39, 0.29) is 18.8 Å². The Labute approximate surface area is 132 Å². The van der Waals surface area contributed by atoms with Crippen molar-refractivity contribution in [2.24, 2.45) is 0 Å². The van der Waals surface area contributed by atoms with Crippen molar-refractivity contribution in [2.75, 3.05) is 26.2 Å². The first kappa shape index (κ1) is 19.0. The maximum atomic E-state index is 13.5. The van der Waals surface area contributed by atoms with Crippen molar-refractivity contribution >= 4 is 12.4 Å². The molecule has 2 rings (SSSR count). The van der Waals surface area contributed by atoms with E-state index >= 15 is 0 Å². The maximum absolute atomic E-state index is 13.5. The molecule has 1 aliphatic rings. The summed E-state index contributed by atoms with van der Waals surface area (Å²) in [5, 5.41) is 12.4. The molecule has 0 unspecified atom stereocenters. The van der Waals surface area contributed by atoms with E-state index in [9.17, 15) is 22.7 Å². The normalized spacial score (nSPS) is 17.8. The van der Waals surface area contributed by atoms with Gasteiger partial charge in [0.2, 0.25) is 0 Å². The minimum absolute atomic E-state index is 0. The van der Waals surface area contributed by atoms with Crippen LogP contribution < -0.4 is 5.32 Å².